The Morgan fingerprint density at radius 2 is 1.66 bits per heavy atom. The fraction of sp³-hybridized carbons (Fsp3) is 0.462. The molecular weight excluding hydrogens is 484 g/mol. The Kier molecular flexibility index (Phi) is 10.7. The Morgan fingerprint density at radius 3 is 2.14 bits per heavy atom. The lowest BCUT2D eigenvalue weighted by atomic mass is 9.78. The Bertz CT molecular complexity index is 989. The molecule has 0 saturated carbocycles. The number of ether oxygens (including phenoxy) is 2. The SMILES string of the molecule is CCOC(=O)C(C/C=C/S(=O)c1ccc(C)cc1)(CC(O[Si](C)(C)C)c1ccco1)C(=O)OCC. The van der Waals surface area contributed by atoms with Gasteiger partial charge in [0.25, 0.3) is 0 Å². The van der Waals surface area contributed by atoms with E-state index in [1.54, 1.807) is 44.2 Å². The number of hydrogen-bond acceptors (Lipinski definition) is 7. The zero-order valence-electron chi connectivity index (χ0n) is 21.4. The van der Waals surface area contributed by atoms with Gasteiger partial charge in [0, 0.05) is 16.7 Å². The number of esters is 2. The van der Waals surface area contributed by atoms with E-state index < -0.39 is 42.6 Å². The molecule has 9 heteroatoms. The summed E-state index contributed by atoms with van der Waals surface area (Å²) in [5, 5.41) is 1.49. The van der Waals surface area contributed by atoms with Crippen LogP contribution in [0.25, 0.3) is 0 Å². The number of allylic oxidation sites excluding steroid dienone is 1. The number of hydrogen-bond donors (Lipinski definition) is 0. The maximum Gasteiger partial charge on any atom is 0.323 e. The van der Waals surface area contributed by atoms with Crippen molar-refractivity contribution in [1.29, 1.82) is 0 Å². The smallest absolute Gasteiger partial charge is 0.323 e. The quantitative estimate of drug-likeness (QED) is 0.190. The molecule has 0 aliphatic carbocycles. The number of carbonyl (C=O) groups excluding carboxylic acids is 2. The fourth-order valence-corrected chi connectivity index (χ4v) is 5.43. The molecular formula is C26H36O7SSi. The molecule has 0 fully saturated rings. The van der Waals surface area contributed by atoms with Crippen molar-refractivity contribution >= 4 is 31.1 Å². The minimum absolute atomic E-state index is 0.0377. The maximum atomic E-state index is 13.3. The molecule has 0 saturated heterocycles. The molecule has 0 aliphatic heterocycles. The van der Waals surface area contributed by atoms with Gasteiger partial charge in [0.05, 0.1) is 30.3 Å². The van der Waals surface area contributed by atoms with Gasteiger partial charge < -0.3 is 18.3 Å². The molecule has 0 bridgehead atoms. The van der Waals surface area contributed by atoms with Gasteiger partial charge in [0.1, 0.15) is 11.9 Å². The van der Waals surface area contributed by atoms with Gasteiger partial charge in [-0.1, -0.05) is 23.8 Å². The molecule has 0 aliphatic rings. The van der Waals surface area contributed by atoms with Crippen LogP contribution in [0.3, 0.4) is 0 Å². The molecule has 7 nitrogen and oxygen atoms in total. The van der Waals surface area contributed by atoms with Crippen LogP contribution in [0, 0.1) is 12.3 Å². The molecule has 1 aromatic carbocycles. The minimum atomic E-state index is -2.11. The number of rotatable bonds is 13. The van der Waals surface area contributed by atoms with Crippen LogP contribution < -0.4 is 0 Å². The van der Waals surface area contributed by atoms with E-state index >= 15 is 0 Å². The average molecular weight is 521 g/mol. The van der Waals surface area contributed by atoms with E-state index in [0.29, 0.717) is 10.7 Å². The van der Waals surface area contributed by atoms with Crippen LogP contribution in [0.4, 0.5) is 0 Å². The number of benzene rings is 1. The van der Waals surface area contributed by atoms with Crippen molar-refractivity contribution in [3.8, 4) is 0 Å². The Balaban J connectivity index is 2.46. The van der Waals surface area contributed by atoms with Crippen molar-refractivity contribution < 1.29 is 32.1 Å². The second kappa shape index (κ2) is 13.0. The lowest BCUT2D eigenvalue weighted by Gasteiger charge is -2.33. The van der Waals surface area contributed by atoms with Gasteiger partial charge >= 0.3 is 11.9 Å². The largest absolute Gasteiger partial charge is 0.467 e. The highest BCUT2D eigenvalue weighted by atomic mass is 32.2. The Hall–Kier alpha value is -2.49. The second-order valence-electron chi connectivity index (χ2n) is 9.15. The van der Waals surface area contributed by atoms with Gasteiger partial charge in [-0.15, -0.1) is 0 Å². The summed E-state index contributed by atoms with van der Waals surface area (Å²) in [6, 6.07) is 10.8. The van der Waals surface area contributed by atoms with E-state index in [0.717, 1.165) is 5.56 Å². The topological polar surface area (TPSA) is 92.0 Å². The Labute approximate surface area is 211 Å². The maximum absolute atomic E-state index is 13.3. The standard InChI is InChI=1S/C26H36O7SSi/c1-7-30-24(27)26(25(28)31-8-2,16-10-18-34(29)21-14-12-20(3)13-15-21)19-23(33-35(4,5)6)22-11-9-17-32-22/h9-15,17-18,23H,7-8,16,19H2,1-6H3/b18-10+. The van der Waals surface area contributed by atoms with Crippen LogP contribution in [0.5, 0.6) is 0 Å². The molecule has 0 spiro atoms. The zero-order valence-corrected chi connectivity index (χ0v) is 23.2. The first kappa shape index (κ1) is 28.7. The molecule has 0 radical (unpaired) electrons. The monoisotopic (exact) mass is 520 g/mol. The fourth-order valence-electron chi connectivity index (χ4n) is 3.54. The first-order chi connectivity index (χ1) is 16.5. The van der Waals surface area contributed by atoms with Crippen LogP contribution in [0.15, 0.2) is 63.5 Å². The van der Waals surface area contributed by atoms with Gasteiger partial charge in [-0.05, 0) is 71.1 Å². The summed E-state index contributed by atoms with van der Waals surface area (Å²) in [4.78, 5) is 27.3. The molecule has 1 heterocycles. The van der Waals surface area contributed by atoms with E-state index in [1.165, 1.54) is 11.7 Å². The third kappa shape index (κ3) is 8.29. The van der Waals surface area contributed by atoms with Gasteiger partial charge in [0.15, 0.2) is 13.7 Å². The summed E-state index contributed by atoms with van der Waals surface area (Å²) < 4.78 is 35.4. The zero-order chi connectivity index (χ0) is 26.1. The van der Waals surface area contributed by atoms with E-state index in [9.17, 15) is 13.8 Å². The molecule has 0 amide bonds. The van der Waals surface area contributed by atoms with Gasteiger partial charge in [-0.2, -0.15) is 0 Å². The van der Waals surface area contributed by atoms with E-state index in [4.69, 9.17) is 18.3 Å². The van der Waals surface area contributed by atoms with Gasteiger partial charge in [-0.25, -0.2) is 4.21 Å². The molecule has 35 heavy (non-hydrogen) atoms. The predicted molar refractivity (Wildman–Crippen MR) is 138 cm³/mol. The van der Waals surface area contributed by atoms with Crippen LogP contribution in [0.1, 0.15) is 44.1 Å². The molecule has 1 aromatic heterocycles. The van der Waals surface area contributed by atoms with Crippen LogP contribution in [0.2, 0.25) is 19.6 Å². The lowest BCUT2D eigenvalue weighted by molar-refractivity contribution is -0.174. The molecule has 2 atom stereocenters. The minimum Gasteiger partial charge on any atom is -0.467 e. The van der Waals surface area contributed by atoms with Gasteiger partial charge in [-0.3, -0.25) is 9.59 Å². The predicted octanol–water partition coefficient (Wildman–Crippen LogP) is 5.69. The van der Waals surface area contributed by atoms with E-state index in [1.807, 2.05) is 38.7 Å². The normalized spacial score (nSPS) is 14.0. The van der Waals surface area contributed by atoms with Crippen molar-refractivity contribution in [2.75, 3.05) is 13.2 Å². The Morgan fingerprint density at radius 1 is 1.06 bits per heavy atom. The lowest BCUT2D eigenvalue weighted by Crippen LogP contribution is -2.44. The van der Waals surface area contributed by atoms with E-state index in [2.05, 4.69) is 0 Å². The highest BCUT2D eigenvalue weighted by Crippen LogP contribution is 2.40. The molecule has 0 N–H and O–H groups in total. The molecule has 2 rings (SSSR count). The van der Waals surface area contributed by atoms with Crippen molar-refractivity contribution in [3.05, 3.63) is 65.5 Å². The summed E-state index contributed by atoms with van der Waals surface area (Å²) >= 11 is 0. The van der Waals surface area contributed by atoms with Crippen molar-refractivity contribution in [2.24, 2.45) is 5.41 Å². The summed E-state index contributed by atoms with van der Waals surface area (Å²) in [7, 11) is -3.56. The summed E-state index contributed by atoms with van der Waals surface area (Å²) in [6.45, 7) is 11.6. The van der Waals surface area contributed by atoms with Gasteiger partial charge in [0.2, 0.25) is 0 Å². The van der Waals surface area contributed by atoms with Crippen molar-refractivity contribution in [2.45, 2.75) is 64.3 Å². The first-order valence-electron chi connectivity index (χ1n) is 11.7. The highest BCUT2D eigenvalue weighted by Gasteiger charge is 2.51. The third-order valence-electron chi connectivity index (χ3n) is 5.16. The summed E-state index contributed by atoms with van der Waals surface area (Å²) in [5.41, 5.74) is -0.637. The third-order valence-corrected chi connectivity index (χ3v) is 7.33. The van der Waals surface area contributed by atoms with Crippen LogP contribution in [-0.4, -0.2) is 37.7 Å². The first-order valence-corrected chi connectivity index (χ1v) is 16.3. The van der Waals surface area contributed by atoms with Crippen molar-refractivity contribution in [3.63, 3.8) is 0 Å². The molecule has 192 valence electrons. The summed E-state index contributed by atoms with van der Waals surface area (Å²) in [6.07, 6.45) is 2.34. The van der Waals surface area contributed by atoms with E-state index in [-0.39, 0.29) is 26.1 Å². The number of carbonyl (C=O) groups is 2. The molecule has 2 aromatic rings. The summed E-state index contributed by atoms with van der Waals surface area (Å²) in [5.74, 6) is -0.905. The van der Waals surface area contributed by atoms with Crippen LogP contribution in [-0.2, 0) is 34.3 Å². The number of furan rings is 1. The van der Waals surface area contributed by atoms with Crippen LogP contribution >= 0.6 is 0 Å². The average Bonchev–Trinajstić information content (AvgIpc) is 3.32. The highest BCUT2D eigenvalue weighted by molar-refractivity contribution is 7.88. The molecule has 2 unspecified atom stereocenters. The number of aryl methyl sites for hydroxylation is 1. The van der Waals surface area contributed by atoms with Crippen molar-refractivity contribution in [1.82, 2.24) is 0 Å². The second-order valence-corrected chi connectivity index (χ2v) is 14.9.